The fourth-order valence-corrected chi connectivity index (χ4v) is 2.40. The molecule has 0 spiro atoms. The first-order chi connectivity index (χ1) is 14.5. The predicted molar refractivity (Wildman–Crippen MR) is 113 cm³/mol. The van der Waals surface area contributed by atoms with Gasteiger partial charge in [-0.25, -0.2) is 9.59 Å². The summed E-state index contributed by atoms with van der Waals surface area (Å²) < 4.78 is 15.6. The molecule has 0 aromatic heterocycles. The fourth-order valence-electron chi connectivity index (χ4n) is 2.40. The van der Waals surface area contributed by atoms with Gasteiger partial charge in [-0.1, -0.05) is 20.3 Å². The molecule has 0 aliphatic rings. The normalized spacial score (nSPS) is 10.2. The topological polar surface area (TPSA) is 90.9 Å². The van der Waals surface area contributed by atoms with Gasteiger partial charge in [-0.15, -0.1) is 0 Å². The van der Waals surface area contributed by atoms with Crippen LogP contribution in [0.4, 0.5) is 5.69 Å². The summed E-state index contributed by atoms with van der Waals surface area (Å²) in [7, 11) is 0. The van der Waals surface area contributed by atoms with Crippen molar-refractivity contribution < 1.29 is 28.6 Å². The lowest BCUT2D eigenvalue weighted by Crippen LogP contribution is -2.21. The lowest BCUT2D eigenvalue weighted by molar-refractivity contribution is -0.119. The molecule has 7 nitrogen and oxygen atoms in total. The molecule has 0 heterocycles. The molecule has 1 N–H and O–H groups in total. The number of unbranched alkanes of at least 4 members (excludes halogenated alkanes) is 1. The Morgan fingerprint density at radius 2 is 1.37 bits per heavy atom. The quantitative estimate of drug-likeness (QED) is 0.438. The van der Waals surface area contributed by atoms with Gasteiger partial charge in [0.05, 0.1) is 24.3 Å². The monoisotopic (exact) mass is 413 g/mol. The molecule has 0 saturated heterocycles. The fraction of sp³-hybridized carbons (Fsp3) is 0.348. The van der Waals surface area contributed by atoms with Crippen LogP contribution < -0.4 is 10.1 Å². The van der Waals surface area contributed by atoms with E-state index in [1.165, 1.54) is 0 Å². The van der Waals surface area contributed by atoms with Crippen LogP contribution in [0.25, 0.3) is 0 Å². The number of carbonyl (C=O) groups excluding carboxylic acids is 3. The summed E-state index contributed by atoms with van der Waals surface area (Å²) in [4.78, 5) is 35.9. The number of benzene rings is 2. The highest BCUT2D eigenvalue weighted by molar-refractivity contribution is 5.96. The SMILES string of the molecule is CCCCOc1ccc(C(=O)OCC(=O)Nc2ccc(C(=O)OCCC)cc2)cc1. The van der Waals surface area contributed by atoms with Gasteiger partial charge in [-0.3, -0.25) is 4.79 Å². The van der Waals surface area contributed by atoms with Crippen LogP contribution in [0.2, 0.25) is 0 Å². The Labute approximate surface area is 176 Å². The smallest absolute Gasteiger partial charge is 0.338 e. The number of hydrogen-bond donors (Lipinski definition) is 1. The summed E-state index contributed by atoms with van der Waals surface area (Å²) in [6, 6.07) is 12.9. The minimum Gasteiger partial charge on any atom is -0.494 e. The van der Waals surface area contributed by atoms with Crippen molar-refractivity contribution in [2.45, 2.75) is 33.1 Å². The van der Waals surface area contributed by atoms with Crippen LogP contribution in [-0.4, -0.2) is 37.7 Å². The van der Waals surface area contributed by atoms with E-state index in [4.69, 9.17) is 14.2 Å². The highest BCUT2D eigenvalue weighted by Gasteiger charge is 2.12. The van der Waals surface area contributed by atoms with Crippen LogP contribution in [0.15, 0.2) is 48.5 Å². The molecule has 0 aliphatic carbocycles. The van der Waals surface area contributed by atoms with Crippen molar-refractivity contribution in [3.63, 3.8) is 0 Å². The van der Waals surface area contributed by atoms with E-state index < -0.39 is 24.5 Å². The van der Waals surface area contributed by atoms with Crippen LogP contribution in [0.3, 0.4) is 0 Å². The molecule has 0 aliphatic heterocycles. The van der Waals surface area contributed by atoms with Crippen LogP contribution in [0.5, 0.6) is 5.75 Å². The summed E-state index contributed by atoms with van der Waals surface area (Å²) in [5.41, 5.74) is 1.22. The third-order valence-electron chi connectivity index (χ3n) is 4.03. The van der Waals surface area contributed by atoms with Gasteiger partial charge in [0.2, 0.25) is 0 Å². The van der Waals surface area contributed by atoms with Gasteiger partial charge in [-0.05, 0) is 61.4 Å². The average Bonchev–Trinajstić information content (AvgIpc) is 2.77. The number of esters is 2. The van der Waals surface area contributed by atoms with Crippen molar-refractivity contribution >= 4 is 23.5 Å². The first-order valence-electron chi connectivity index (χ1n) is 10.0. The Kier molecular flexibility index (Phi) is 9.37. The van der Waals surface area contributed by atoms with E-state index in [0.29, 0.717) is 35.8 Å². The van der Waals surface area contributed by atoms with Gasteiger partial charge in [0, 0.05) is 5.69 Å². The van der Waals surface area contributed by atoms with Crippen molar-refractivity contribution in [2.24, 2.45) is 0 Å². The molecule has 0 saturated carbocycles. The lowest BCUT2D eigenvalue weighted by atomic mass is 10.2. The number of hydrogen-bond acceptors (Lipinski definition) is 6. The summed E-state index contributed by atoms with van der Waals surface area (Å²) in [6.45, 7) is 4.56. The van der Waals surface area contributed by atoms with Gasteiger partial charge < -0.3 is 19.5 Å². The number of carbonyl (C=O) groups is 3. The second-order valence-corrected chi connectivity index (χ2v) is 6.56. The van der Waals surface area contributed by atoms with Crippen LogP contribution in [0, 0.1) is 0 Å². The number of amides is 1. The molecule has 0 radical (unpaired) electrons. The number of rotatable bonds is 11. The molecule has 1 amide bonds. The molecule has 2 rings (SSSR count). The zero-order chi connectivity index (χ0) is 21.8. The van der Waals surface area contributed by atoms with E-state index in [0.717, 1.165) is 19.3 Å². The Morgan fingerprint density at radius 3 is 1.97 bits per heavy atom. The molecule has 0 unspecified atom stereocenters. The van der Waals surface area contributed by atoms with E-state index in [9.17, 15) is 14.4 Å². The van der Waals surface area contributed by atoms with Gasteiger partial charge in [0.25, 0.3) is 5.91 Å². The maximum atomic E-state index is 12.1. The van der Waals surface area contributed by atoms with Crippen molar-refractivity contribution in [3.8, 4) is 5.75 Å². The van der Waals surface area contributed by atoms with E-state index >= 15 is 0 Å². The standard InChI is InChI=1S/C23H27NO6/c1-3-5-15-28-20-12-8-18(9-13-20)23(27)30-16-21(25)24-19-10-6-17(7-11-19)22(26)29-14-4-2/h6-13H,3-5,14-16H2,1-2H3,(H,24,25). The Morgan fingerprint density at radius 1 is 0.767 bits per heavy atom. The van der Waals surface area contributed by atoms with Crippen molar-refractivity contribution in [1.82, 2.24) is 0 Å². The van der Waals surface area contributed by atoms with Crippen molar-refractivity contribution in [3.05, 3.63) is 59.7 Å². The van der Waals surface area contributed by atoms with Crippen LogP contribution in [0.1, 0.15) is 53.8 Å². The third-order valence-corrected chi connectivity index (χ3v) is 4.03. The maximum absolute atomic E-state index is 12.1. The molecule has 30 heavy (non-hydrogen) atoms. The minimum atomic E-state index is -0.598. The highest BCUT2D eigenvalue weighted by atomic mass is 16.5. The molecular formula is C23H27NO6. The second-order valence-electron chi connectivity index (χ2n) is 6.56. The molecule has 0 fully saturated rings. The molecule has 7 heteroatoms. The summed E-state index contributed by atoms with van der Waals surface area (Å²) in [5.74, 6) is -0.811. The zero-order valence-corrected chi connectivity index (χ0v) is 17.3. The lowest BCUT2D eigenvalue weighted by Gasteiger charge is -2.08. The Balaban J connectivity index is 1.78. The van der Waals surface area contributed by atoms with Crippen LogP contribution >= 0.6 is 0 Å². The second kappa shape index (κ2) is 12.3. The minimum absolute atomic E-state index is 0.334. The Hall–Kier alpha value is -3.35. The summed E-state index contributed by atoms with van der Waals surface area (Å²) >= 11 is 0. The van der Waals surface area contributed by atoms with Gasteiger partial charge >= 0.3 is 11.9 Å². The predicted octanol–water partition coefficient (Wildman–Crippen LogP) is 4.23. The van der Waals surface area contributed by atoms with E-state index in [-0.39, 0.29) is 0 Å². The largest absolute Gasteiger partial charge is 0.494 e. The summed E-state index contributed by atoms with van der Waals surface area (Å²) in [5, 5.41) is 2.61. The molecular weight excluding hydrogens is 386 g/mol. The van der Waals surface area contributed by atoms with Gasteiger partial charge in [0.1, 0.15) is 5.75 Å². The van der Waals surface area contributed by atoms with Gasteiger partial charge in [-0.2, -0.15) is 0 Å². The molecule has 160 valence electrons. The van der Waals surface area contributed by atoms with Gasteiger partial charge in [0.15, 0.2) is 6.61 Å². The third kappa shape index (κ3) is 7.58. The first-order valence-corrected chi connectivity index (χ1v) is 10.0. The number of nitrogens with one attached hydrogen (secondary N) is 1. The van der Waals surface area contributed by atoms with E-state index in [2.05, 4.69) is 12.2 Å². The van der Waals surface area contributed by atoms with Crippen molar-refractivity contribution in [1.29, 1.82) is 0 Å². The molecule has 0 atom stereocenters. The Bertz CT molecular complexity index is 830. The molecule has 0 bridgehead atoms. The van der Waals surface area contributed by atoms with E-state index in [1.807, 2.05) is 6.92 Å². The summed E-state index contributed by atoms with van der Waals surface area (Å²) in [6.07, 6.45) is 2.75. The van der Waals surface area contributed by atoms with E-state index in [1.54, 1.807) is 48.5 Å². The molecule has 2 aromatic carbocycles. The first kappa shape index (κ1) is 22.9. The maximum Gasteiger partial charge on any atom is 0.338 e. The number of ether oxygens (including phenoxy) is 3. The van der Waals surface area contributed by atoms with Crippen molar-refractivity contribution in [2.75, 3.05) is 25.1 Å². The molecule has 2 aromatic rings. The van der Waals surface area contributed by atoms with Crippen LogP contribution in [-0.2, 0) is 14.3 Å². The average molecular weight is 413 g/mol. The highest BCUT2D eigenvalue weighted by Crippen LogP contribution is 2.14. The number of anilines is 1. The zero-order valence-electron chi connectivity index (χ0n) is 17.3.